The smallest absolute Gasteiger partial charge is 0.0753 e. The molecule has 0 aromatic rings. The average molecular weight is 290 g/mol. The Morgan fingerprint density at radius 3 is 2.35 bits per heavy atom. The zero-order chi connectivity index (χ0) is 15.2. The van der Waals surface area contributed by atoms with Crippen molar-refractivity contribution >= 4 is 19.6 Å². The minimum Gasteiger partial charge on any atom is -0.126 e. The van der Waals surface area contributed by atoms with Gasteiger partial charge in [-0.15, -0.1) is 11.8 Å². The van der Waals surface area contributed by atoms with E-state index in [1.54, 1.807) is 4.91 Å². The Kier molecular flexibility index (Phi) is 4.47. The van der Waals surface area contributed by atoms with Crippen LogP contribution in [0, 0.1) is 16.7 Å². The van der Waals surface area contributed by atoms with Crippen molar-refractivity contribution in [2.75, 3.05) is 0 Å². The van der Waals surface area contributed by atoms with E-state index >= 15 is 0 Å². The van der Waals surface area contributed by atoms with Crippen molar-refractivity contribution < 1.29 is 0 Å². The van der Waals surface area contributed by atoms with Crippen LogP contribution < -0.4 is 0 Å². The third-order valence-electron chi connectivity index (χ3n) is 5.33. The Balaban J connectivity index is 2.20. The molecule has 0 saturated heterocycles. The Bertz CT molecular complexity index is 385. The summed E-state index contributed by atoms with van der Waals surface area (Å²) in [6.07, 6.45) is 8.92. The highest BCUT2D eigenvalue weighted by Crippen LogP contribution is 2.58. The van der Waals surface area contributed by atoms with Gasteiger partial charge in [-0.2, -0.15) is 0 Å². The van der Waals surface area contributed by atoms with Gasteiger partial charge in [0.25, 0.3) is 0 Å². The summed E-state index contributed by atoms with van der Waals surface area (Å²) in [5, 5.41) is 0.693. The maximum atomic E-state index is 6.88. The lowest BCUT2D eigenvalue weighted by Gasteiger charge is -2.46. The highest BCUT2D eigenvalue weighted by Gasteiger charge is 2.43. The molecule has 2 rings (SSSR count). The molecule has 20 heavy (non-hydrogen) atoms. The number of hydrogen-bond acceptors (Lipinski definition) is 1. The Morgan fingerprint density at radius 2 is 1.80 bits per heavy atom. The fourth-order valence-electron chi connectivity index (χ4n) is 3.44. The van der Waals surface area contributed by atoms with Crippen LogP contribution in [0.1, 0.15) is 73.6 Å². The van der Waals surface area contributed by atoms with E-state index in [1.165, 1.54) is 32.1 Å². The van der Waals surface area contributed by atoms with E-state index in [-0.39, 0.29) is 10.7 Å². The maximum Gasteiger partial charge on any atom is 0.0753 e. The van der Waals surface area contributed by atoms with Gasteiger partial charge in [0.2, 0.25) is 0 Å². The second-order valence-electron chi connectivity index (χ2n) is 8.96. The molecule has 0 amide bonds. The summed E-state index contributed by atoms with van der Waals surface area (Å²) in [7, 11) is 6.88. The van der Waals surface area contributed by atoms with Crippen molar-refractivity contribution in [3.05, 3.63) is 11.0 Å². The number of thioether (sulfide) groups is 1. The SMILES string of the molecule is [B]C1(C(C)(C)C)CCCCC2C=C(C(C)(C)C)SC2C1. The Labute approximate surface area is 132 Å². The van der Waals surface area contributed by atoms with Gasteiger partial charge in [0.15, 0.2) is 0 Å². The molecule has 1 heterocycles. The van der Waals surface area contributed by atoms with Crippen LogP contribution in [0.4, 0.5) is 0 Å². The average Bonchev–Trinajstić information content (AvgIpc) is 2.62. The van der Waals surface area contributed by atoms with E-state index in [1.807, 2.05) is 0 Å². The van der Waals surface area contributed by atoms with Crippen molar-refractivity contribution in [3.63, 3.8) is 0 Å². The molecule has 112 valence electrons. The minimum absolute atomic E-state index is 0.00941. The zero-order valence-electron chi connectivity index (χ0n) is 14.3. The highest BCUT2D eigenvalue weighted by molar-refractivity contribution is 8.04. The van der Waals surface area contributed by atoms with E-state index in [9.17, 15) is 0 Å². The summed E-state index contributed by atoms with van der Waals surface area (Å²) in [4.78, 5) is 1.59. The molecular weight excluding hydrogens is 259 g/mol. The molecule has 0 aromatic carbocycles. The molecule has 2 heteroatoms. The van der Waals surface area contributed by atoms with Crippen LogP contribution in [0.15, 0.2) is 11.0 Å². The van der Waals surface area contributed by atoms with E-state index in [0.717, 1.165) is 5.92 Å². The van der Waals surface area contributed by atoms with Gasteiger partial charge in [0.05, 0.1) is 7.85 Å². The molecule has 2 radical (unpaired) electrons. The van der Waals surface area contributed by atoms with Gasteiger partial charge >= 0.3 is 0 Å². The number of allylic oxidation sites excluding steroid dienone is 2. The summed E-state index contributed by atoms with van der Waals surface area (Å²) in [6.45, 7) is 14.0. The second-order valence-corrected chi connectivity index (χ2v) is 10.2. The lowest BCUT2D eigenvalue weighted by atomic mass is 9.49. The van der Waals surface area contributed by atoms with Crippen molar-refractivity contribution in [2.45, 2.75) is 84.2 Å². The standard InChI is InChI=1S/C18H31BS/c1-16(2,3)15-11-13-9-7-8-10-18(19,17(4,5)6)12-14(13)20-15/h11,13-14H,7-10,12H2,1-6H3. The second kappa shape index (κ2) is 5.41. The monoisotopic (exact) mass is 290 g/mol. The van der Waals surface area contributed by atoms with Gasteiger partial charge in [-0.3, -0.25) is 0 Å². The molecule has 1 fully saturated rings. The first kappa shape index (κ1) is 16.5. The first-order valence-corrected chi connectivity index (χ1v) is 9.09. The number of fused-ring (bicyclic) bond motifs is 1. The summed E-state index contributed by atoms with van der Waals surface area (Å²) in [5.41, 5.74) is 0.491. The van der Waals surface area contributed by atoms with Crippen LogP contribution in [-0.4, -0.2) is 13.1 Å². The Hall–Kier alpha value is 0.155. The van der Waals surface area contributed by atoms with E-state index in [4.69, 9.17) is 7.85 Å². The molecular formula is C18H31BS. The first-order valence-electron chi connectivity index (χ1n) is 8.21. The van der Waals surface area contributed by atoms with Gasteiger partial charge in [-0.1, -0.05) is 72.2 Å². The van der Waals surface area contributed by atoms with Crippen LogP contribution in [0.5, 0.6) is 0 Å². The fraction of sp³-hybridized carbons (Fsp3) is 0.889. The van der Waals surface area contributed by atoms with Gasteiger partial charge < -0.3 is 0 Å². The molecule has 0 aromatic heterocycles. The van der Waals surface area contributed by atoms with Crippen molar-refractivity contribution in [1.82, 2.24) is 0 Å². The van der Waals surface area contributed by atoms with Gasteiger partial charge in [0.1, 0.15) is 0 Å². The molecule has 0 nitrogen and oxygen atoms in total. The van der Waals surface area contributed by atoms with E-state index < -0.39 is 0 Å². The van der Waals surface area contributed by atoms with Crippen molar-refractivity contribution in [1.29, 1.82) is 0 Å². The van der Waals surface area contributed by atoms with Crippen LogP contribution in [-0.2, 0) is 0 Å². The third-order valence-corrected chi connectivity index (χ3v) is 7.15. The van der Waals surface area contributed by atoms with Crippen LogP contribution in [0.3, 0.4) is 0 Å². The van der Waals surface area contributed by atoms with Crippen LogP contribution >= 0.6 is 11.8 Å². The molecule has 3 atom stereocenters. The summed E-state index contributed by atoms with van der Waals surface area (Å²) >= 11 is 2.12. The highest BCUT2D eigenvalue weighted by atomic mass is 32.2. The third kappa shape index (κ3) is 3.31. The van der Waals surface area contributed by atoms with Gasteiger partial charge in [-0.25, -0.2) is 0 Å². The molecule has 1 aliphatic heterocycles. The summed E-state index contributed by atoms with van der Waals surface area (Å²) in [6, 6.07) is 0. The topological polar surface area (TPSA) is 0 Å². The Morgan fingerprint density at radius 1 is 1.15 bits per heavy atom. The lowest BCUT2D eigenvalue weighted by molar-refractivity contribution is 0.208. The van der Waals surface area contributed by atoms with Crippen molar-refractivity contribution in [2.24, 2.45) is 16.7 Å². The largest absolute Gasteiger partial charge is 0.126 e. The molecule has 3 unspecified atom stereocenters. The number of hydrogen-bond donors (Lipinski definition) is 0. The summed E-state index contributed by atoms with van der Waals surface area (Å²) in [5.74, 6) is 0.750. The molecule has 2 aliphatic rings. The minimum atomic E-state index is -0.00941. The maximum absolute atomic E-state index is 6.88. The molecule has 0 spiro atoms. The molecule has 1 aliphatic carbocycles. The predicted molar refractivity (Wildman–Crippen MR) is 93.4 cm³/mol. The zero-order valence-corrected chi connectivity index (χ0v) is 15.1. The molecule has 0 bridgehead atoms. The van der Waals surface area contributed by atoms with E-state index in [0.29, 0.717) is 10.7 Å². The quantitative estimate of drug-likeness (QED) is 0.494. The lowest BCUT2D eigenvalue weighted by Crippen LogP contribution is -2.34. The van der Waals surface area contributed by atoms with Gasteiger partial charge in [-0.05, 0) is 34.5 Å². The summed E-state index contributed by atoms with van der Waals surface area (Å²) < 4.78 is 0. The fourth-order valence-corrected chi connectivity index (χ4v) is 5.15. The molecule has 1 saturated carbocycles. The van der Waals surface area contributed by atoms with Gasteiger partial charge in [0, 0.05) is 5.25 Å². The number of rotatable bonds is 0. The van der Waals surface area contributed by atoms with Crippen LogP contribution in [0.25, 0.3) is 0 Å². The van der Waals surface area contributed by atoms with E-state index in [2.05, 4.69) is 59.4 Å². The van der Waals surface area contributed by atoms with Crippen molar-refractivity contribution in [3.8, 4) is 0 Å². The predicted octanol–water partition coefficient (Wildman–Crippen LogP) is 5.99. The first-order chi connectivity index (χ1) is 9.03. The normalized spacial score (nSPS) is 36.0. The molecule has 0 N–H and O–H groups in total. The van der Waals surface area contributed by atoms with Crippen LogP contribution in [0.2, 0.25) is 5.31 Å².